The van der Waals surface area contributed by atoms with E-state index in [1.807, 2.05) is 19.1 Å². The van der Waals surface area contributed by atoms with Gasteiger partial charge in [0.2, 0.25) is 5.79 Å². The van der Waals surface area contributed by atoms with Gasteiger partial charge in [0.15, 0.2) is 17.2 Å². The van der Waals surface area contributed by atoms with Crippen molar-refractivity contribution in [3.05, 3.63) is 36.0 Å². The maximum Gasteiger partial charge on any atom is 0.397 e. The zero-order valence-corrected chi connectivity index (χ0v) is 35.2. The van der Waals surface area contributed by atoms with Crippen LogP contribution in [0.4, 0.5) is 0 Å². The van der Waals surface area contributed by atoms with E-state index >= 15 is 0 Å². The van der Waals surface area contributed by atoms with Crippen LogP contribution < -0.4 is 5.90 Å². The van der Waals surface area contributed by atoms with Crippen LogP contribution in [-0.4, -0.2) is 117 Å². The van der Waals surface area contributed by atoms with Crippen LogP contribution in [0.5, 0.6) is 0 Å². The van der Waals surface area contributed by atoms with E-state index in [9.17, 15) is 25.2 Å². The fourth-order valence-corrected chi connectivity index (χ4v) is 10.7. The summed E-state index contributed by atoms with van der Waals surface area (Å²) in [4.78, 5) is 16.6. The van der Waals surface area contributed by atoms with Crippen LogP contribution in [0.3, 0.4) is 0 Å². The fourth-order valence-electron chi connectivity index (χ4n) is 10.7. The first-order valence-electron chi connectivity index (χ1n) is 21.9. The fraction of sp³-hybridized carbons (Fsp3) is 0.841. The third-order valence-electron chi connectivity index (χ3n) is 14.1. The lowest BCUT2D eigenvalue weighted by atomic mass is 9.79. The average molecular weight is 821 g/mol. The van der Waals surface area contributed by atoms with Crippen molar-refractivity contribution in [3.63, 3.8) is 0 Å². The van der Waals surface area contributed by atoms with Crippen molar-refractivity contribution in [1.29, 1.82) is 0 Å². The Morgan fingerprint density at radius 1 is 1.03 bits per heavy atom. The molecule has 0 aromatic rings. The van der Waals surface area contributed by atoms with Crippen LogP contribution >= 0.6 is 0 Å². The second kappa shape index (κ2) is 17.5. The third kappa shape index (κ3) is 9.19. The van der Waals surface area contributed by atoms with Crippen LogP contribution in [0.1, 0.15) is 125 Å². The van der Waals surface area contributed by atoms with Gasteiger partial charge < -0.3 is 53.6 Å². The van der Waals surface area contributed by atoms with E-state index in [1.165, 1.54) is 6.92 Å². The molecule has 6 fully saturated rings. The average Bonchev–Trinajstić information content (AvgIpc) is 3.59. The number of aliphatic hydroxyl groups is 4. The molecule has 0 unspecified atom stereocenters. The minimum Gasteiger partial charge on any atom is -0.390 e. The summed E-state index contributed by atoms with van der Waals surface area (Å²) in [5.41, 5.74) is -0.362. The molecular formula is C44H70NO13+. The third-order valence-corrected chi connectivity index (χ3v) is 14.1. The van der Waals surface area contributed by atoms with E-state index in [1.54, 1.807) is 0 Å². The van der Waals surface area contributed by atoms with Gasteiger partial charge >= 0.3 is 5.97 Å². The van der Waals surface area contributed by atoms with Gasteiger partial charge in [0, 0.05) is 38.0 Å². The van der Waals surface area contributed by atoms with Crippen LogP contribution in [0, 0.1) is 17.8 Å². The quantitative estimate of drug-likeness (QED) is 0.158. The predicted octanol–water partition coefficient (Wildman–Crippen LogP) is 3.83. The molecule has 0 amide bonds. The number of fused-ring (bicyclic) bond motifs is 1. The summed E-state index contributed by atoms with van der Waals surface area (Å²) in [7, 11) is 0. The molecule has 58 heavy (non-hydrogen) atoms. The summed E-state index contributed by atoms with van der Waals surface area (Å²) in [6.45, 7) is 14.7. The smallest absolute Gasteiger partial charge is 0.390 e. The summed E-state index contributed by atoms with van der Waals surface area (Å²) in [6.07, 6.45) is 9.74. The van der Waals surface area contributed by atoms with Crippen molar-refractivity contribution in [1.82, 2.24) is 0 Å². The number of aliphatic hydroxyl groups excluding tert-OH is 3. The number of hydrogen-bond donors (Lipinski definition) is 5. The summed E-state index contributed by atoms with van der Waals surface area (Å²) >= 11 is 0. The lowest BCUT2D eigenvalue weighted by Crippen LogP contribution is -2.60. The molecule has 3 spiro atoms. The molecule has 7 N–H and O–H groups in total. The monoisotopic (exact) mass is 820 g/mol. The molecule has 0 saturated carbocycles. The SMILES string of the molecule is C=C1[C@@H](O)[C@@H]2O[C@]3(CC[C@H](C=C[C@@H](C)[C@@H]4CC(C)=C[C@@]5(O[C@H](C[C@@](C)(O)C(=O)O[NH3+])CC[C@H]5O)O4)O3)CC[C@H]2O[C@@H]1[C@@H](O)C[C@H](C)[C@H]1O[C@@]2(CCCCO2)CC[C@H]1C. The summed E-state index contributed by atoms with van der Waals surface area (Å²) < 4.78 is 45.4. The Morgan fingerprint density at radius 3 is 2.53 bits per heavy atom. The first-order valence-corrected chi connectivity index (χ1v) is 21.9. The highest BCUT2D eigenvalue weighted by atomic mass is 16.7. The maximum atomic E-state index is 12.1. The molecule has 0 aromatic heterocycles. The highest BCUT2D eigenvalue weighted by molar-refractivity contribution is 5.77. The zero-order chi connectivity index (χ0) is 41.6. The topological polar surface area (TPSA) is 199 Å². The molecule has 7 aliphatic rings. The van der Waals surface area contributed by atoms with Gasteiger partial charge in [-0.05, 0) is 95.1 Å². The largest absolute Gasteiger partial charge is 0.397 e. The summed E-state index contributed by atoms with van der Waals surface area (Å²) in [5.74, 6) is -0.164. The second-order valence-electron chi connectivity index (χ2n) is 19.0. The second-order valence-corrected chi connectivity index (χ2v) is 19.0. The molecule has 7 rings (SSSR count). The minimum absolute atomic E-state index is 0.0255. The minimum atomic E-state index is -1.79. The molecule has 17 atom stereocenters. The zero-order valence-electron chi connectivity index (χ0n) is 35.2. The van der Waals surface area contributed by atoms with Gasteiger partial charge in [-0.25, -0.2) is 4.79 Å². The molecule has 0 aliphatic carbocycles. The first kappa shape index (κ1) is 44.3. The van der Waals surface area contributed by atoms with Gasteiger partial charge in [-0.15, -0.1) is 0 Å². The molecule has 0 bridgehead atoms. The molecule has 6 saturated heterocycles. The maximum absolute atomic E-state index is 12.1. The van der Waals surface area contributed by atoms with E-state index in [2.05, 4.69) is 44.2 Å². The van der Waals surface area contributed by atoms with Gasteiger partial charge in [-0.1, -0.05) is 45.1 Å². The Balaban J connectivity index is 0.919. The number of hydrogen-bond acceptors (Lipinski definition) is 13. The van der Waals surface area contributed by atoms with Crippen molar-refractivity contribution in [3.8, 4) is 0 Å². The Bertz CT molecular complexity index is 1530. The number of ether oxygens (including phenoxy) is 7. The molecule has 14 nitrogen and oxygen atoms in total. The van der Waals surface area contributed by atoms with Gasteiger partial charge in [-0.2, -0.15) is 5.90 Å². The lowest BCUT2D eigenvalue weighted by molar-refractivity contribution is -0.659. The van der Waals surface area contributed by atoms with Crippen LogP contribution in [0.2, 0.25) is 0 Å². The molecule has 14 heteroatoms. The predicted molar refractivity (Wildman–Crippen MR) is 209 cm³/mol. The van der Waals surface area contributed by atoms with Crippen molar-refractivity contribution in [2.24, 2.45) is 17.8 Å². The van der Waals surface area contributed by atoms with E-state index in [4.69, 9.17) is 33.2 Å². The Kier molecular flexibility index (Phi) is 13.4. The van der Waals surface area contributed by atoms with E-state index in [-0.39, 0.29) is 36.6 Å². The van der Waals surface area contributed by atoms with Crippen molar-refractivity contribution >= 4 is 5.97 Å². The number of quaternary nitrogens is 1. The number of rotatable bonds is 10. The van der Waals surface area contributed by atoms with E-state index in [0.717, 1.165) is 50.7 Å². The van der Waals surface area contributed by atoms with E-state index < -0.39 is 71.7 Å². The van der Waals surface area contributed by atoms with Gasteiger partial charge in [0.05, 0.1) is 43.2 Å². The molecule has 7 aliphatic heterocycles. The normalized spacial score (nSPS) is 44.8. The number of carbonyl (C=O) groups is 1. The van der Waals surface area contributed by atoms with Crippen LogP contribution in [0.25, 0.3) is 0 Å². The summed E-state index contributed by atoms with van der Waals surface area (Å²) in [6, 6.07) is 0. The molecule has 0 aromatic carbocycles. The number of carbonyl (C=O) groups excluding carboxylic acids is 1. The van der Waals surface area contributed by atoms with Crippen LogP contribution in [-0.2, 0) is 42.8 Å². The molecule has 0 radical (unpaired) electrons. The summed E-state index contributed by atoms with van der Waals surface area (Å²) in [5, 5.41) is 44.9. The van der Waals surface area contributed by atoms with Gasteiger partial charge in [-0.3, -0.25) is 4.84 Å². The molecular weight excluding hydrogens is 750 g/mol. The van der Waals surface area contributed by atoms with Gasteiger partial charge in [0.1, 0.15) is 24.4 Å². The van der Waals surface area contributed by atoms with Crippen molar-refractivity contribution in [2.45, 2.75) is 209 Å². The molecule has 7 heterocycles. The lowest BCUT2D eigenvalue weighted by Gasteiger charge is -2.50. The van der Waals surface area contributed by atoms with Crippen LogP contribution in [0.15, 0.2) is 36.0 Å². The first-order chi connectivity index (χ1) is 27.5. The van der Waals surface area contributed by atoms with Gasteiger partial charge in [0.25, 0.3) is 0 Å². The van der Waals surface area contributed by atoms with Crippen molar-refractivity contribution < 1.29 is 69.1 Å². The Labute approximate surface area is 343 Å². The van der Waals surface area contributed by atoms with Crippen molar-refractivity contribution in [2.75, 3.05) is 6.61 Å². The standard InChI is InChI=1S/C44H70NO13/c1-25-21-34(55-44(23-25)35(47)12-11-31(54-44)24-41(6,50)40(49)58-45)26(2)9-10-30-14-18-43(53-30)19-15-33-39(57-43)36(48)29(5)38(52-33)32(46)22-28(4)37-27(3)13-17-42(56-37)16-7-8-20-51-42/h9-10,23,26-28,30-39,46-48,50H,5,7-8,11-22,24H2,1-4,6,45H3/q+1/t26-,27-,28+,30+,31+,32+,33-,34+,35-,36-,37+,38+,39-,41-,42+,43-,44-/m1/s1. The molecule has 328 valence electrons. The van der Waals surface area contributed by atoms with E-state index in [0.29, 0.717) is 56.4 Å². The Morgan fingerprint density at radius 2 is 1.79 bits per heavy atom. The highest BCUT2D eigenvalue weighted by Crippen LogP contribution is 2.47. The Hall–Kier alpha value is -1.79. The highest BCUT2D eigenvalue weighted by Gasteiger charge is 2.55.